The molecule has 8 nitrogen and oxygen atoms in total. The molecule has 1 heterocycles. The molecule has 0 fully saturated rings. The van der Waals surface area contributed by atoms with Gasteiger partial charge in [0.05, 0.1) is 16.2 Å². The third kappa shape index (κ3) is 2.05. The summed E-state index contributed by atoms with van der Waals surface area (Å²) in [6, 6.07) is 2.66. The van der Waals surface area contributed by atoms with Gasteiger partial charge in [0.1, 0.15) is 0 Å². The molecule has 0 amide bonds. The van der Waals surface area contributed by atoms with Crippen molar-refractivity contribution in [2.24, 2.45) is 0 Å². The van der Waals surface area contributed by atoms with Crippen molar-refractivity contribution in [2.75, 3.05) is 0 Å². The van der Waals surface area contributed by atoms with Crippen LogP contribution in [0.5, 0.6) is 5.88 Å². The first-order valence-corrected chi connectivity index (χ1v) is 5.32. The SMILES string of the molecule is Cc1c(O)n(-c2ccc([N+](=O)[O-])c(F)c2)c(=O)[nH]c1=O. The van der Waals surface area contributed by atoms with Crippen LogP contribution in [0, 0.1) is 22.9 Å². The molecule has 1 aromatic carbocycles. The zero-order valence-electron chi connectivity index (χ0n) is 10.1. The third-order valence-electron chi connectivity index (χ3n) is 2.70. The average molecular weight is 281 g/mol. The molecular formula is C11H8FN3O5. The molecule has 0 atom stereocenters. The molecular weight excluding hydrogens is 273 g/mol. The monoisotopic (exact) mass is 281 g/mol. The third-order valence-corrected chi connectivity index (χ3v) is 2.70. The summed E-state index contributed by atoms with van der Waals surface area (Å²) in [5.74, 6) is -1.82. The van der Waals surface area contributed by atoms with Crippen LogP contribution in [0.2, 0.25) is 0 Å². The van der Waals surface area contributed by atoms with Gasteiger partial charge in [0, 0.05) is 12.1 Å². The van der Waals surface area contributed by atoms with Crippen LogP contribution < -0.4 is 11.2 Å². The fraction of sp³-hybridized carbons (Fsp3) is 0.0909. The predicted octanol–water partition coefficient (Wildman–Crippen LogP) is 0.587. The van der Waals surface area contributed by atoms with E-state index in [1.165, 1.54) is 6.92 Å². The van der Waals surface area contributed by atoms with Crippen LogP contribution >= 0.6 is 0 Å². The summed E-state index contributed by atoms with van der Waals surface area (Å²) in [4.78, 5) is 34.4. The van der Waals surface area contributed by atoms with E-state index in [-0.39, 0.29) is 11.3 Å². The molecule has 104 valence electrons. The number of benzene rings is 1. The fourth-order valence-corrected chi connectivity index (χ4v) is 1.63. The first kappa shape index (κ1) is 13.5. The molecule has 0 aliphatic carbocycles. The van der Waals surface area contributed by atoms with Crippen LogP contribution in [-0.4, -0.2) is 19.6 Å². The van der Waals surface area contributed by atoms with E-state index >= 15 is 0 Å². The van der Waals surface area contributed by atoms with Gasteiger partial charge in [-0.25, -0.2) is 9.36 Å². The maximum absolute atomic E-state index is 13.5. The highest BCUT2D eigenvalue weighted by Crippen LogP contribution is 2.22. The maximum Gasteiger partial charge on any atom is 0.335 e. The molecule has 0 saturated heterocycles. The number of aromatic amines is 1. The van der Waals surface area contributed by atoms with Gasteiger partial charge in [-0.05, 0) is 13.0 Å². The molecule has 20 heavy (non-hydrogen) atoms. The Morgan fingerprint density at radius 3 is 2.60 bits per heavy atom. The summed E-state index contributed by atoms with van der Waals surface area (Å²) in [7, 11) is 0. The summed E-state index contributed by atoms with van der Waals surface area (Å²) in [6.07, 6.45) is 0. The highest BCUT2D eigenvalue weighted by Gasteiger charge is 2.17. The molecule has 0 bridgehead atoms. The Balaban J connectivity index is 2.73. The number of aromatic nitrogens is 2. The van der Waals surface area contributed by atoms with Crippen LogP contribution in [0.15, 0.2) is 27.8 Å². The lowest BCUT2D eigenvalue weighted by atomic mass is 10.2. The van der Waals surface area contributed by atoms with Gasteiger partial charge < -0.3 is 5.11 Å². The molecule has 0 aliphatic heterocycles. The maximum atomic E-state index is 13.5. The van der Waals surface area contributed by atoms with Gasteiger partial charge in [0.25, 0.3) is 5.56 Å². The zero-order chi connectivity index (χ0) is 15.0. The number of nitrogens with zero attached hydrogens (tertiary/aromatic N) is 2. The number of nitro groups is 1. The Morgan fingerprint density at radius 2 is 2.05 bits per heavy atom. The molecule has 0 aliphatic rings. The lowest BCUT2D eigenvalue weighted by molar-refractivity contribution is -0.387. The van der Waals surface area contributed by atoms with E-state index in [1.807, 2.05) is 4.98 Å². The van der Waals surface area contributed by atoms with Crippen molar-refractivity contribution in [1.29, 1.82) is 0 Å². The van der Waals surface area contributed by atoms with E-state index in [0.29, 0.717) is 4.57 Å². The fourth-order valence-electron chi connectivity index (χ4n) is 1.63. The summed E-state index contributed by atoms with van der Waals surface area (Å²) in [5.41, 5.74) is -2.79. The molecule has 2 aromatic rings. The number of nitrogens with one attached hydrogen (secondary N) is 1. The first-order valence-electron chi connectivity index (χ1n) is 5.32. The van der Waals surface area contributed by atoms with Crippen molar-refractivity contribution in [1.82, 2.24) is 9.55 Å². The molecule has 2 N–H and O–H groups in total. The number of hydrogen-bond acceptors (Lipinski definition) is 5. The number of aromatic hydroxyl groups is 1. The Morgan fingerprint density at radius 1 is 1.40 bits per heavy atom. The van der Waals surface area contributed by atoms with E-state index in [4.69, 9.17) is 0 Å². The topological polar surface area (TPSA) is 118 Å². The van der Waals surface area contributed by atoms with Gasteiger partial charge >= 0.3 is 11.4 Å². The van der Waals surface area contributed by atoms with Crippen molar-refractivity contribution in [3.8, 4) is 11.6 Å². The van der Waals surface area contributed by atoms with Crippen LogP contribution in [0.3, 0.4) is 0 Å². The first-order chi connectivity index (χ1) is 9.32. The largest absolute Gasteiger partial charge is 0.494 e. The summed E-state index contributed by atoms with van der Waals surface area (Å²) >= 11 is 0. The van der Waals surface area contributed by atoms with E-state index in [2.05, 4.69) is 0 Å². The van der Waals surface area contributed by atoms with Gasteiger partial charge in [0.2, 0.25) is 11.7 Å². The van der Waals surface area contributed by atoms with Crippen LogP contribution in [0.25, 0.3) is 5.69 Å². The summed E-state index contributed by atoms with van der Waals surface area (Å²) in [6.45, 7) is 1.27. The number of rotatable bonds is 2. The van der Waals surface area contributed by atoms with Crippen LogP contribution in [0.1, 0.15) is 5.56 Å². The average Bonchev–Trinajstić information content (AvgIpc) is 2.36. The Bertz CT molecular complexity index is 824. The number of halogens is 1. The van der Waals surface area contributed by atoms with E-state index < -0.39 is 33.6 Å². The predicted molar refractivity (Wildman–Crippen MR) is 65.7 cm³/mol. The Hall–Kier alpha value is -2.97. The van der Waals surface area contributed by atoms with E-state index in [9.17, 15) is 29.2 Å². The number of hydrogen-bond donors (Lipinski definition) is 2. The second kappa shape index (κ2) is 4.61. The van der Waals surface area contributed by atoms with Crippen LogP contribution in [-0.2, 0) is 0 Å². The molecule has 9 heteroatoms. The summed E-state index contributed by atoms with van der Waals surface area (Å²) in [5, 5.41) is 20.3. The van der Waals surface area contributed by atoms with Crippen LogP contribution in [0.4, 0.5) is 10.1 Å². The summed E-state index contributed by atoms with van der Waals surface area (Å²) < 4.78 is 14.2. The van der Waals surface area contributed by atoms with Crippen molar-refractivity contribution < 1.29 is 14.4 Å². The minimum atomic E-state index is -1.16. The minimum absolute atomic E-state index is 0.136. The number of H-pyrrole nitrogens is 1. The molecule has 0 saturated carbocycles. The smallest absolute Gasteiger partial charge is 0.335 e. The zero-order valence-corrected chi connectivity index (χ0v) is 10.1. The molecule has 0 unspecified atom stereocenters. The normalized spacial score (nSPS) is 10.5. The van der Waals surface area contributed by atoms with Gasteiger partial charge in [-0.2, -0.15) is 4.39 Å². The molecule has 0 radical (unpaired) electrons. The van der Waals surface area contributed by atoms with Crippen molar-refractivity contribution in [3.63, 3.8) is 0 Å². The van der Waals surface area contributed by atoms with Gasteiger partial charge in [0.15, 0.2) is 0 Å². The molecule has 0 spiro atoms. The minimum Gasteiger partial charge on any atom is -0.494 e. The highest BCUT2D eigenvalue weighted by atomic mass is 19.1. The van der Waals surface area contributed by atoms with Crippen molar-refractivity contribution in [2.45, 2.75) is 6.92 Å². The molecule has 1 aromatic heterocycles. The van der Waals surface area contributed by atoms with Crippen molar-refractivity contribution in [3.05, 3.63) is 60.5 Å². The van der Waals surface area contributed by atoms with E-state index in [0.717, 1.165) is 18.2 Å². The van der Waals surface area contributed by atoms with E-state index in [1.54, 1.807) is 0 Å². The number of nitro benzene ring substituents is 1. The lowest BCUT2D eigenvalue weighted by Gasteiger charge is -2.09. The second-order valence-electron chi connectivity index (χ2n) is 3.94. The quantitative estimate of drug-likeness (QED) is 0.616. The second-order valence-corrected chi connectivity index (χ2v) is 3.94. The highest BCUT2D eigenvalue weighted by molar-refractivity contribution is 5.44. The van der Waals surface area contributed by atoms with Gasteiger partial charge in [-0.3, -0.25) is 19.9 Å². The van der Waals surface area contributed by atoms with Gasteiger partial charge in [-0.1, -0.05) is 0 Å². The van der Waals surface area contributed by atoms with Crippen molar-refractivity contribution >= 4 is 5.69 Å². The van der Waals surface area contributed by atoms with Gasteiger partial charge in [-0.15, -0.1) is 0 Å². The molecule has 2 rings (SSSR count). The Kier molecular flexibility index (Phi) is 3.10. The standard InChI is InChI=1S/C11H8FN3O5/c1-5-9(16)13-11(18)14(10(5)17)6-2-3-8(15(19)20)7(12)4-6/h2-4,17H,1H3,(H,13,16,18). The lowest BCUT2D eigenvalue weighted by Crippen LogP contribution is -2.30. The Labute approximate surface area is 109 Å².